The first-order valence-electron chi connectivity index (χ1n) is 4.40. The molecule has 0 amide bonds. The summed E-state index contributed by atoms with van der Waals surface area (Å²) in [5.41, 5.74) is 6.13. The van der Waals surface area contributed by atoms with Gasteiger partial charge in [-0.3, -0.25) is 0 Å². The van der Waals surface area contributed by atoms with Crippen LogP contribution in [0, 0.1) is 17.8 Å². The highest BCUT2D eigenvalue weighted by atomic mass is 16.5. The van der Waals surface area contributed by atoms with Crippen molar-refractivity contribution in [1.29, 1.82) is 0 Å². The maximum atomic E-state index is 6.18. The van der Waals surface area contributed by atoms with E-state index in [-0.39, 0.29) is 5.54 Å². The number of rotatable bonds is 1. The van der Waals surface area contributed by atoms with Crippen molar-refractivity contribution in [3.05, 3.63) is 0 Å². The van der Waals surface area contributed by atoms with Crippen LogP contribution in [0.25, 0.3) is 0 Å². The minimum atomic E-state index is -0.0567. The standard InChI is InChI=1S/C9H17NO/c1-5-6-4-7(11-3)9(2,10)8(5)6/h5-8H,4,10H2,1-3H3. The van der Waals surface area contributed by atoms with Crippen LogP contribution in [0.15, 0.2) is 0 Å². The number of ether oxygens (including phenoxy) is 1. The van der Waals surface area contributed by atoms with Crippen molar-refractivity contribution in [3.8, 4) is 0 Å². The van der Waals surface area contributed by atoms with Crippen molar-refractivity contribution >= 4 is 0 Å². The highest BCUT2D eigenvalue weighted by molar-refractivity contribution is 5.17. The summed E-state index contributed by atoms with van der Waals surface area (Å²) < 4.78 is 5.35. The topological polar surface area (TPSA) is 35.2 Å². The average Bonchev–Trinajstić information content (AvgIpc) is 2.45. The molecule has 0 aromatic heterocycles. The molecular formula is C9H17NO. The summed E-state index contributed by atoms with van der Waals surface area (Å²) in [5, 5.41) is 0. The Kier molecular flexibility index (Phi) is 1.37. The summed E-state index contributed by atoms with van der Waals surface area (Å²) in [5.74, 6) is 2.43. The molecule has 0 saturated heterocycles. The molecule has 0 spiro atoms. The highest BCUT2D eigenvalue weighted by Crippen LogP contribution is 2.61. The van der Waals surface area contributed by atoms with Crippen molar-refractivity contribution < 1.29 is 4.74 Å². The first-order chi connectivity index (χ1) is 5.09. The van der Waals surface area contributed by atoms with Gasteiger partial charge >= 0.3 is 0 Å². The first kappa shape index (κ1) is 7.56. The fraction of sp³-hybridized carbons (Fsp3) is 1.00. The Labute approximate surface area is 68.1 Å². The Morgan fingerprint density at radius 3 is 2.55 bits per heavy atom. The van der Waals surface area contributed by atoms with Crippen LogP contribution in [0.1, 0.15) is 20.3 Å². The van der Waals surface area contributed by atoms with Gasteiger partial charge < -0.3 is 10.5 Å². The number of nitrogens with two attached hydrogens (primary N) is 1. The summed E-state index contributed by atoms with van der Waals surface area (Å²) in [7, 11) is 1.77. The molecule has 2 rings (SSSR count). The summed E-state index contributed by atoms with van der Waals surface area (Å²) in [6.07, 6.45) is 1.48. The molecule has 2 heteroatoms. The van der Waals surface area contributed by atoms with Gasteiger partial charge in [0, 0.05) is 12.6 Å². The molecule has 0 aliphatic heterocycles. The Morgan fingerprint density at radius 2 is 2.18 bits per heavy atom. The zero-order chi connectivity index (χ0) is 8.22. The summed E-state index contributed by atoms with van der Waals surface area (Å²) in [6.45, 7) is 4.43. The predicted octanol–water partition coefficient (Wildman–Crippen LogP) is 1.00. The van der Waals surface area contributed by atoms with Gasteiger partial charge in [0.1, 0.15) is 0 Å². The molecule has 64 valence electrons. The SMILES string of the molecule is COC1CC2C(C)C2C1(C)N. The lowest BCUT2D eigenvalue weighted by atomic mass is 9.92. The van der Waals surface area contributed by atoms with E-state index in [1.54, 1.807) is 7.11 Å². The third-order valence-corrected chi connectivity index (χ3v) is 3.74. The third kappa shape index (κ3) is 0.798. The molecule has 2 fully saturated rings. The fourth-order valence-electron chi connectivity index (χ4n) is 3.00. The van der Waals surface area contributed by atoms with Crippen molar-refractivity contribution in [2.75, 3.05) is 7.11 Å². The van der Waals surface area contributed by atoms with Crippen LogP contribution < -0.4 is 5.73 Å². The number of hydrogen-bond donors (Lipinski definition) is 1. The van der Waals surface area contributed by atoms with E-state index >= 15 is 0 Å². The van der Waals surface area contributed by atoms with E-state index in [1.165, 1.54) is 6.42 Å². The van der Waals surface area contributed by atoms with E-state index in [0.717, 1.165) is 17.8 Å². The lowest BCUT2D eigenvalue weighted by molar-refractivity contribution is 0.0427. The van der Waals surface area contributed by atoms with E-state index < -0.39 is 0 Å². The second kappa shape index (κ2) is 1.99. The highest BCUT2D eigenvalue weighted by Gasteiger charge is 2.64. The van der Waals surface area contributed by atoms with E-state index in [1.807, 2.05) is 0 Å². The minimum absolute atomic E-state index is 0.0567. The van der Waals surface area contributed by atoms with E-state index in [9.17, 15) is 0 Å². The van der Waals surface area contributed by atoms with Gasteiger partial charge in [-0.25, -0.2) is 0 Å². The Hall–Kier alpha value is -0.0800. The molecule has 0 radical (unpaired) electrons. The van der Waals surface area contributed by atoms with E-state index in [2.05, 4.69) is 13.8 Å². The molecule has 0 heterocycles. The molecule has 2 saturated carbocycles. The largest absolute Gasteiger partial charge is 0.380 e. The molecule has 5 unspecified atom stereocenters. The summed E-state index contributed by atoms with van der Waals surface area (Å²) >= 11 is 0. The normalized spacial score (nSPS) is 61.1. The molecule has 11 heavy (non-hydrogen) atoms. The quantitative estimate of drug-likeness (QED) is 0.613. The summed E-state index contributed by atoms with van der Waals surface area (Å²) in [4.78, 5) is 0. The van der Waals surface area contributed by atoms with Gasteiger partial charge in [-0.2, -0.15) is 0 Å². The van der Waals surface area contributed by atoms with Crippen LogP contribution in [0.5, 0.6) is 0 Å². The van der Waals surface area contributed by atoms with Crippen molar-refractivity contribution in [2.45, 2.75) is 31.9 Å². The molecule has 0 aromatic rings. The monoisotopic (exact) mass is 155 g/mol. The zero-order valence-corrected chi connectivity index (χ0v) is 7.50. The zero-order valence-electron chi connectivity index (χ0n) is 7.50. The molecule has 2 N–H and O–H groups in total. The van der Waals surface area contributed by atoms with Crippen molar-refractivity contribution in [2.24, 2.45) is 23.5 Å². The van der Waals surface area contributed by atoms with Gasteiger partial charge in [-0.05, 0) is 31.1 Å². The van der Waals surface area contributed by atoms with Crippen molar-refractivity contribution in [3.63, 3.8) is 0 Å². The Bertz CT molecular complexity index is 174. The molecule has 0 aromatic carbocycles. The molecule has 2 nitrogen and oxygen atoms in total. The van der Waals surface area contributed by atoms with Gasteiger partial charge in [0.15, 0.2) is 0 Å². The van der Waals surface area contributed by atoms with Crippen LogP contribution in [-0.4, -0.2) is 18.8 Å². The lowest BCUT2D eigenvalue weighted by Crippen LogP contribution is -2.48. The van der Waals surface area contributed by atoms with Gasteiger partial charge in [0.2, 0.25) is 0 Å². The molecular weight excluding hydrogens is 138 g/mol. The van der Waals surface area contributed by atoms with Gasteiger partial charge in [0.25, 0.3) is 0 Å². The number of fused-ring (bicyclic) bond motifs is 1. The fourth-order valence-corrected chi connectivity index (χ4v) is 3.00. The smallest absolute Gasteiger partial charge is 0.0753 e. The molecule has 0 bridgehead atoms. The minimum Gasteiger partial charge on any atom is -0.380 e. The second-order valence-corrected chi connectivity index (χ2v) is 4.37. The number of methoxy groups -OCH3 is 1. The van der Waals surface area contributed by atoms with Crippen molar-refractivity contribution in [1.82, 2.24) is 0 Å². The van der Waals surface area contributed by atoms with E-state index in [4.69, 9.17) is 10.5 Å². The Morgan fingerprint density at radius 1 is 1.55 bits per heavy atom. The summed E-state index contributed by atoms with van der Waals surface area (Å²) in [6, 6.07) is 0. The molecule has 2 aliphatic carbocycles. The van der Waals surface area contributed by atoms with Crippen LogP contribution in [-0.2, 0) is 4.74 Å². The van der Waals surface area contributed by atoms with Crippen LogP contribution in [0.2, 0.25) is 0 Å². The second-order valence-electron chi connectivity index (χ2n) is 4.37. The maximum absolute atomic E-state index is 6.18. The third-order valence-electron chi connectivity index (χ3n) is 3.74. The maximum Gasteiger partial charge on any atom is 0.0753 e. The van der Waals surface area contributed by atoms with Crippen LogP contribution in [0.4, 0.5) is 0 Å². The van der Waals surface area contributed by atoms with Crippen LogP contribution >= 0.6 is 0 Å². The predicted molar refractivity (Wildman–Crippen MR) is 44.2 cm³/mol. The van der Waals surface area contributed by atoms with Gasteiger partial charge in [-0.15, -0.1) is 0 Å². The van der Waals surface area contributed by atoms with Gasteiger partial charge in [0.05, 0.1) is 6.10 Å². The lowest BCUT2D eigenvalue weighted by Gasteiger charge is -2.29. The molecule has 5 atom stereocenters. The van der Waals surface area contributed by atoms with Gasteiger partial charge in [-0.1, -0.05) is 6.92 Å². The molecule has 2 aliphatic rings. The first-order valence-corrected chi connectivity index (χ1v) is 4.40. The van der Waals surface area contributed by atoms with E-state index in [0.29, 0.717) is 6.10 Å². The number of hydrogen-bond acceptors (Lipinski definition) is 2. The van der Waals surface area contributed by atoms with Crippen LogP contribution in [0.3, 0.4) is 0 Å². The Balaban J connectivity index is 2.13. The average molecular weight is 155 g/mol.